The summed E-state index contributed by atoms with van der Waals surface area (Å²) in [6, 6.07) is 0. The molecular formula is C7H13BrO. The highest BCUT2D eigenvalue weighted by Crippen LogP contribution is 2.20. The lowest BCUT2D eigenvalue weighted by Gasteiger charge is -2.20. The second kappa shape index (κ2) is 4.07. The smallest absolute Gasteiger partial charge is 0.0558 e. The van der Waals surface area contributed by atoms with E-state index < -0.39 is 0 Å². The van der Waals surface area contributed by atoms with E-state index in [2.05, 4.69) is 29.4 Å². The monoisotopic (exact) mass is 192 g/mol. The minimum Gasteiger partial charge on any atom is -0.384 e. The van der Waals surface area contributed by atoms with E-state index in [9.17, 15) is 0 Å². The molecule has 0 heterocycles. The third kappa shape index (κ3) is 3.01. The van der Waals surface area contributed by atoms with Gasteiger partial charge in [-0.3, -0.25) is 0 Å². The van der Waals surface area contributed by atoms with Gasteiger partial charge in [0.15, 0.2) is 0 Å². The largest absolute Gasteiger partial charge is 0.384 e. The summed E-state index contributed by atoms with van der Waals surface area (Å²) < 4.78 is 4.99. The first-order chi connectivity index (χ1) is 4.18. The molecule has 0 aromatic heterocycles. The Morgan fingerprint density at radius 1 is 1.78 bits per heavy atom. The predicted octanol–water partition coefficient (Wildman–Crippen LogP) is 2.22. The zero-order valence-corrected chi connectivity index (χ0v) is 7.57. The molecule has 2 heteroatoms. The molecule has 0 aliphatic heterocycles. The minimum absolute atomic E-state index is 0.0920. The molecule has 0 aromatic rings. The molecule has 54 valence electrons. The standard InChI is InChI=1S/C7H13BrO/c1-4-7(2,5-8)6-9-3/h4H,1,5-6H2,2-3H3. The molecule has 0 saturated heterocycles. The van der Waals surface area contributed by atoms with E-state index >= 15 is 0 Å². The third-order valence-corrected chi connectivity index (χ3v) is 2.55. The van der Waals surface area contributed by atoms with Crippen LogP contribution in [0.25, 0.3) is 0 Å². The van der Waals surface area contributed by atoms with Gasteiger partial charge in [-0.05, 0) is 0 Å². The maximum Gasteiger partial charge on any atom is 0.0558 e. The van der Waals surface area contributed by atoms with Gasteiger partial charge in [-0.1, -0.05) is 28.9 Å². The average molecular weight is 193 g/mol. The van der Waals surface area contributed by atoms with Crippen LogP contribution >= 0.6 is 15.9 Å². The van der Waals surface area contributed by atoms with Crippen LogP contribution < -0.4 is 0 Å². The van der Waals surface area contributed by atoms with Crippen molar-refractivity contribution in [3.8, 4) is 0 Å². The molecule has 9 heavy (non-hydrogen) atoms. The molecule has 0 spiro atoms. The number of rotatable bonds is 4. The Morgan fingerprint density at radius 3 is 2.44 bits per heavy atom. The number of ether oxygens (including phenoxy) is 1. The highest BCUT2D eigenvalue weighted by atomic mass is 79.9. The van der Waals surface area contributed by atoms with Crippen molar-refractivity contribution in [2.24, 2.45) is 5.41 Å². The van der Waals surface area contributed by atoms with Gasteiger partial charge >= 0.3 is 0 Å². The highest BCUT2D eigenvalue weighted by Gasteiger charge is 2.17. The van der Waals surface area contributed by atoms with Gasteiger partial charge in [0.25, 0.3) is 0 Å². The van der Waals surface area contributed by atoms with E-state index in [0.29, 0.717) is 0 Å². The van der Waals surface area contributed by atoms with Crippen LogP contribution in [0.3, 0.4) is 0 Å². The molecule has 0 N–H and O–H groups in total. The predicted molar refractivity (Wildman–Crippen MR) is 44.0 cm³/mol. The summed E-state index contributed by atoms with van der Waals surface area (Å²) in [4.78, 5) is 0. The van der Waals surface area contributed by atoms with Crippen molar-refractivity contribution in [1.82, 2.24) is 0 Å². The minimum atomic E-state index is 0.0920. The fourth-order valence-corrected chi connectivity index (χ4v) is 0.873. The SMILES string of the molecule is C=CC(C)(CBr)COC. The number of alkyl halides is 1. The van der Waals surface area contributed by atoms with E-state index in [-0.39, 0.29) is 5.41 Å². The second-order valence-corrected chi connectivity index (χ2v) is 2.99. The molecule has 0 aromatic carbocycles. The van der Waals surface area contributed by atoms with Crippen molar-refractivity contribution in [3.05, 3.63) is 12.7 Å². The summed E-state index contributed by atoms with van der Waals surface area (Å²) in [5.41, 5.74) is 0.0920. The van der Waals surface area contributed by atoms with Crippen LogP contribution in [0.15, 0.2) is 12.7 Å². The van der Waals surface area contributed by atoms with Crippen LogP contribution in [-0.4, -0.2) is 19.0 Å². The first-order valence-electron chi connectivity index (χ1n) is 2.87. The lowest BCUT2D eigenvalue weighted by Crippen LogP contribution is -2.20. The van der Waals surface area contributed by atoms with Crippen LogP contribution in [0.4, 0.5) is 0 Å². The molecule has 0 rings (SSSR count). The van der Waals surface area contributed by atoms with E-state index in [0.717, 1.165) is 11.9 Å². The normalized spacial score (nSPS) is 16.8. The summed E-state index contributed by atoms with van der Waals surface area (Å²) >= 11 is 3.38. The average Bonchev–Trinajstić information content (AvgIpc) is 1.89. The molecular weight excluding hydrogens is 180 g/mol. The molecule has 1 atom stereocenters. The molecule has 0 saturated carbocycles. The van der Waals surface area contributed by atoms with Crippen LogP contribution in [0.2, 0.25) is 0 Å². The summed E-state index contributed by atoms with van der Waals surface area (Å²) in [5.74, 6) is 0. The van der Waals surface area contributed by atoms with Gasteiger partial charge in [0.05, 0.1) is 6.61 Å². The van der Waals surface area contributed by atoms with Gasteiger partial charge in [-0.25, -0.2) is 0 Å². The van der Waals surface area contributed by atoms with Crippen LogP contribution in [0, 0.1) is 5.41 Å². The summed E-state index contributed by atoms with van der Waals surface area (Å²) in [7, 11) is 1.70. The van der Waals surface area contributed by atoms with E-state index in [1.807, 2.05) is 6.08 Å². The Bertz CT molecular complexity index is 92.9. The Balaban J connectivity index is 3.76. The lowest BCUT2D eigenvalue weighted by atomic mass is 9.95. The third-order valence-electron chi connectivity index (χ3n) is 1.27. The lowest BCUT2D eigenvalue weighted by molar-refractivity contribution is 0.136. The fraction of sp³-hybridized carbons (Fsp3) is 0.714. The number of hydrogen-bond acceptors (Lipinski definition) is 1. The topological polar surface area (TPSA) is 9.23 Å². The molecule has 0 aliphatic carbocycles. The van der Waals surface area contributed by atoms with Crippen molar-refractivity contribution in [3.63, 3.8) is 0 Å². The van der Waals surface area contributed by atoms with Crippen molar-refractivity contribution in [2.75, 3.05) is 19.0 Å². The fourth-order valence-electron chi connectivity index (χ4n) is 0.482. The Kier molecular flexibility index (Phi) is 4.15. The molecule has 1 unspecified atom stereocenters. The van der Waals surface area contributed by atoms with E-state index in [1.54, 1.807) is 7.11 Å². The molecule has 0 fully saturated rings. The van der Waals surface area contributed by atoms with E-state index in [4.69, 9.17) is 4.74 Å². The summed E-state index contributed by atoms with van der Waals surface area (Å²) in [5, 5.41) is 0.900. The Hall–Kier alpha value is 0.180. The quantitative estimate of drug-likeness (QED) is 0.491. The van der Waals surface area contributed by atoms with Crippen molar-refractivity contribution in [2.45, 2.75) is 6.92 Å². The zero-order chi connectivity index (χ0) is 7.33. The number of hydrogen-bond donors (Lipinski definition) is 0. The number of methoxy groups -OCH3 is 1. The molecule has 1 nitrogen and oxygen atoms in total. The Morgan fingerprint density at radius 2 is 2.33 bits per heavy atom. The van der Waals surface area contributed by atoms with Gasteiger partial charge in [-0.2, -0.15) is 0 Å². The van der Waals surface area contributed by atoms with Gasteiger partial charge < -0.3 is 4.74 Å². The van der Waals surface area contributed by atoms with Crippen LogP contribution in [0.1, 0.15) is 6.92 Å². The summed E-state index contributed by atoms with van der Waals surface area (Å²) in [6.45, 7) is 6.53. The molecule has 0 aliphatic rings. The molecule has 0 radical (unpaired) electrons. The van der Waals surface area contributed by atoms with Gasteiger partial charge in [0, 0.05) is 17.9 Å². The van der Waals surface area contributed by atoms with Crippen molar-refractivity contribution in [1.29, 1.82) is 0 Å². The molecule has 0 bridgehead atoms. The van der Waals surface area contributed by atoms with Gasteiger partial charge in [0.1, 0.15) is 0 Å². The first kappa shape index (κ1) is 9.18. The summed E-state index contributed by atoms with van der Waals surface area (Å²) in [6.07, 6.45) is 1.91. The maximum atomic E-state index is 4.99. The first-order valence-corrected chi connectivity index (χ1v) is 3.99. The van der Waals surface area contributed by atoms with Gasteiger partial charge in [0.2, 0.25) is 0 Å². The molecule has 0 amide bonds. The zero-order valence-electron chi connectivity index (χ0n) is 5.98. The van der Waals surface area contributed by atoms with Crippen molar-refractivity contribution < 1.29 is 4.74 Å². The number of halogens is 1. The van der Waals surface area contributed by atoms with Crippen LogP contribution in [-0.2, 0) is 4.74 Å². The Labute approximate surface area is 65.2 Å². The van der Waals surface area contributed by atoms with Crippen molar-refractivity contribution >= 4 is 15.9 Å². The highest BCUT2D eigenvalue weighted by molar-refractivity contribution is 9.09. The van der Waals surface area contributed by atoms with Crippen LogP contribution in [0.5, 0.6) is 0 Å². The second-order valence-electron chi connectivity index (χ2n) is 2.42. The van der Waals surface area contributed by atoms with E-state index in [1.165, 1.54) is 0 Å². The maximum absolute atomic E-state index is 4.99. The van der Waals surface area contributed by atoms with Gasteiger partial charge in [-0.15, -0.1) is 6.58 Å².